The number of hydrogen-bond donors (Lipinski definition) is 4. The van der Waals surface area contributed by atoms with Crippen molar-refractivity contribution in [2.75, 3.05) is 13.2 Å². The van der Waals surface area contributed by atoms with Crippen LogP contribution in [0.1, 0.15) is 72.9 Å². The number of rotatable bonds is 26. The van der Waals surface area contributed by atoms with Gasteiger partial charge in [-0.05, 0) is 104 Å². The van der Waals surface area contributed by atoms with Gasteiger partial charge in [-0.1, -0.05) is 77.3 Å². The van der Waals surface area contributed by atoms with Gasteiger partial charge in [0.2, 0.25) is 0 Å². The van der Waals surface area contributed by atoms with E-state index < -0.39 is 0 Å². The Morgan fingerprint density at radius 2 is 0.809 bits per heavy atom. The molecule has 0 saturated carbocycles. The molecule has 252 valence electrons. The maximum atomic E-state index is 6.43. The Morgan fingerprint density at radius 3 is 1.06 bits per heavy atom. The molecule has 0 atom stereocenters. The molecule has 2 rings (SSSR count). The van der Waals surface area contributed by atoms with Crippen molar-refractivity contribution in [2.24, 2.45) is 0 Å². The molecule has 0 aliphatic heterocycles. The van der Waals surface area contributed by atoms with Gasteiger partial charge in [-0.25, -0.2) is 0 Å². The average Bonchev–Trinajstić information content (AvgIpc) is 3.07. The predicted octanol–water partition coefficient (Wildman–Crippen LogP) is 8.79. The molecular weight excluding hydrogens is 580 g/mol. The Balaban J connectivity index is 2.63. The third-order valence-electron chi connectivity index (χ3n) is 7.07. The van der Waals surface area contributed by atoms with Crippen LogP contribution in [0.15, 0.2) is 124 Å². The molecule has 0 spiro atoms. The molecule has 0 aliphatic carbocycles. The molecule has 0 radical (unpaired) electrons. The lowest BCUT2D eigenvalue weighted by atomic mass is 9.95. The van der Waals surface area contributed by atoms with Gasteiger partial charge in [-0.15, -0.1) is 0 Å². The van der Waals surface area contributed by atoms with E-state index in [4.69, 9.17) is 9.47 Å². The number of benzene rings is 2. The van der Waals surface area contributed by atoms with Crippen molar-refractivity contribution in [3.8, 4) is 11.5 Å². The first-order chi connectivity index (χ1) is 23.1. The van der Waals surface area contributed by atoms with E-state index >= 15 is 0 Å². The van der Waals surface area contributed by atoms with Crippen molar-refractivity contribution in [3.05, 3.63) is 157 Å². The van der Waals surface area contributed by atoms with Gasteiger partial charge in [-0.3, -0.25) is 0 Å². The monoisotopic (exact) mass is 636 g/mol. The molecule has 0 heterocycles. The second-order valence-electron chi connectivity index (χ2n) is 11.0. The van der Waals surface area contributed by atoms with Gasteiger partial charge in [0.1, 0.15) is 11.5 Å². The third kappa shape index (κ3) is 14.9. The van der Waals surface area contributed by atoms with Crippen LogP contribution < -0.4 is 30.7 Å². The Bertz CT molecular complexity index is 1180. The van der Waals surface area contributed by atoms with Crippen molar-refractivity contribution >= 4 is 0 Å². The van der Waals surface area contributed by atoms with Crippen LogP contribution in [0.5, 0.6) is 11.5 Å². The Hall–Kier alpha value is -4.84. The summed E-state index contributed by atoms with van der Waals surface area (Å²) in [6.07, 6.45) is 27.2. The molecule has 6 nitrogen and oxygen atoms in total. The van der Waals surface area contributed by atoms with Crippen LogP contribution in [0.3, 0.4) is 0 Å². The molecule has 0 unspecified atom stereocenters. The number of nitrogens with one attached hydrogen (secondary N) is 4. The second-order valence-corrected chi connectivity index (χ2v) is 11.0. The summed E-state index contributed by atoms with van der Waals surface area (Å²) in [5, 5.41) is 13.6. The SMILES string of the molecule is C=CC=CNCc1cc(Cc2cc(CNC=CC=C)c(OCCCC)c(CNC=CC=C)c2)cc(CNC=CC=C)c1OCCCC. The molecule has 0 fully saturated rings. The lowest BCUT2D eigenvalue weighted by Crippen LogP contribution is -2.14. The van der Waals surface area contributed by atoms with Crippen LogP contribution in [0, 0.1) is 0 Å². The van der Waals surface area contributed by atoms with Crippen LogP contribution >= 0.6 is 0 Å². The molecule has 0 saturated heterocycles. The highest BCUT2D eigenvalue weighted by atomic mass is 16.5. The summed E-state index contributed by atoms with van der Waals surface area (Å²) < 4.78 is 12.9. The quantitative estimate of drug-likeness (QED) is 0.0612. The largest absolute Gasteiger partial charge is 0.493 e. The zero-order valence-electron chi connectivity index (χ0n) is 28.7. The zero-order chi connectivity index (χ0) is 34.0. The van der Waals surface area contributed by atoms with E-state index in [1.54, 1.807) is 24.3 Å². The molecule has 6 heteroatoms. The second kappa shape index (κ2) is 24.4. The van der Waals surface area contributed by atoms with Crippen molar-refractivity contribution in [2.45, 2.75) is 72.1 Å². The van der Waals surface area contributed by atoms with E-state index in [0.717, 1.165) is 65.9 Å². The highest BCUT2D eigenvalue weighted by Gasteiger charge is 2.16. The Labute approximate surface area is 284 Å². The highest BCUT2D eigenvalue weighted by Crippen LogP contribution is 2.31. The first kappa shape index (κ1) is 38.3. The molecule has 4 N–H and O–H groups in total. The van der Waals surface area contributed by atoms with Gasteiger partial charge >= 0.3 is 0 Å². The fraction of sp³-hybridized carbons (Fsp3) is 0.317. The molecule has 0 amide bonds. The van der Waals surface area contributed by atoms with Crippen molar-refractivity contribution < 1.29 is 9.47 Å². The van der Waals surface area contributed by atoms with Crippen LogP contribution in [-0.4, -0.2) is 13.2 Å². The zero-order valence-corrected chi connectivity index (χ0v) is 28.7. The maximum Gasteiger partial charge on any atom is 0.129 e. The number of ether oxygens (including phenoxy) is 2. The van der Waals surface area contributed by atoms with Gasteiger partial charge < -0.3 is 30.7 Å². The summed E-state index contributed by atoms with van der Waals surface area (Å²) >= 11 is 0. The molecule has 0 aliphatic rings. The highest BCUT2D eigenvalue weighted by molar-refractivity contribution is 5.49. The van der Waals surface area contributed by atoms with Crippen molar-refractivity contribution in [1.82, 2.24) is 21.3 Å². The van der Waals surface area contributed by atoms with Gasteiger partial charge in [0.15, 0.2) is 0 Å². The first-order valence-electron chi connectivity index (χ1n) is 16.7. The summed E-state index contributed by atoms with van der Waals surface area (Å²) in [7, 11) is 0. The molecule has 2 aromatic rings. The third-order valence-corrected chi connectivity index (χ3v) is 7.07. The minimum atomic E-state index is 0.634. The van der Waals surface area contributed by atoms with E-state index in [0.29, 0.717) is 39.4 Å². The van der Waals surface area contributed by atoms with E-state index in [2.05, 4.69) is 85.7 Å². The van der Waals surface area contributed by atoms with Gasteiger partial charge in [0.05, 0.1) is 13.2 Å². The van der Waals surface area contributed by atoms with Crippen molar-refractivity contribution in [3.63, 3.8) is 0 Å². The molecule has 0 aromatic heterocycles. The average molecular weight is 637 g/mol. The molecule has 2 aromatic carbocycles. The van der Waals surface area contributed by atoms with Gasteiger partial charge in [0, 0.05) is 48.4 Å². The minimum Gasteiger partial charge on any atom is -0.493 e. The summed E-state index contributed by atoms with van der Waals surface area (Å²) in [5.74, 6) is 1.86. The summed E-state index contributed by atoms with van der Waals surface area (Å²) in [6, 6.07) is 9.06. The molecule has 47 heavy (non-hydrogen) atoms. The fourth-order valence-electron chi connectivity index (χ4n) is 4.85. The minimum absolute atomic E-state index is 0.634. The predicted molar refractivity (Wildman–Crippen MR) is 201 cm³/mol. The maximum absolute atomic E-state index is 6.43. The molecule has 0 bridgehead atoms. The fourth-order valence-corrected chi connectivity index (χ4v) is 4.85. The lowest BCUT2D eigenvalue weighted by Gasteiger charge is -2.20. The Morgan fingerprint density at radius 1 is 0.511 bits per heavy atom. The van der Waals surface area contributed by atoms with Crippen molar-refractivity contribution in [1.29, 1.82) is 0 Å². The lowest BCUT2D eigenvalue weighted by molar-refractivity contribution is 0.302. The van der Waals surface area contributed by atoms with Crippen LogP contribution in [0.25, 0.3) is 0 Å². The van der Waals surface area contributed by atoms with Crippen LogP contribution in [0.2, 0.25) is 0 Å². The normalized spacial score (nSPS) is 11.3. The number of allylic oxidation sites excluding steroid dienone is 8. The van der Waals surface area contributed by atoms with Gasteiger partial charge in [0.25, 0.3) is 0 Å². The summed E-state index contributed by atoms with van der Waals surface area (Å²) in [5.41, 5.74) is 6.87. The standard InChI is InChI=1S/C41H56N4O2/c1-7-13-19-42-30-36-26-34(27-37(31-43-20-14-8-2)40(36)46-23-17-11-5)25-35-28-38(32-44-21-15-9-3)41(47-24-18-12-6)39(29-35)33-45-22-16-10-4/h7-10,13-16,19-22,26-29,42-45H,1-4,11-12,17-18,23-25,30-33H2,5-6H3. The van der Waals surface area contributed by atoms with Crippen LogP contribution in [-0.2, 0) is 32.6 Å². The first-order valence-corrected chi connectivity index (χ1v) is 16.7. The molecular formula is C41H56N4O2. The topological polar surface area (TPSA) is 66.6 Å². The number of unbranched alkanes of at least 4 members (excludes halogenated alkanes) is 2. The van der Waals surface area contributed by atoms with Gasteiger partial charge in [-0.2, -0.15) is 0 Å². The Kier molecular flexibility index (Phi) is 19.9. The van der Waals surface area contributed by atoms with E-state index in [1.165, 1.54) is 11.1 Å². The van der Waals surface area contributed by atoms with E-state index in [-0.39, 0.29) is 0 Å². The summed E-state index contributed by atoms with van der Waals surface area (Å²) in [6.45, 7) is 23.4. The van der Waals surface area contributed by atoms with E-state index in [9.17, 15) is 0 Å². The van der Waals surface area contributed by atoms with Crippen LogP contribution in [0.4, 0.5) is 0 Å². The van der Waals surface area contributed by atoms with E-state index in [1.807, 2.05) is 49.1 Å². The smallest absolute Gasteiger partial charge is 0.129 e. The number of hydrogen-bond acceptors (Lipinski definition) is 6. The summed E-state index contributed by atoms with van der Waals surface area (Å²) in [4.78, 5) is 0.